The molecule has 0 radical (unpaired) electrons. The van der Waals surface area contributed by atoms with Gasteiger partial charge in [0, 0.05) is 11.0 Å². The van der Waals surface area contributed by atoms with Crippen LogP contribution in [0.4, 0.5) is 0 Å². The van der Waals surface area contributed by atoms with Gasteiger partial charge < -0.3 is 5.11 Å². The molecule has 5 aliphatic rings. The van der Waals surface area contributed by atoms with Gasteiger partial charge in [0.05, 0.1) is 0 Å². The molecule has 5 rings (SSSR count). The van der Waals surface area contributed by atoms with Crippen LogP contribution in [0, 0.1) is 27.6 Å². The Labute approximate surface area is 181 Å². The molecular weight excluding hydrogens is 368 g/mol. The van der Waals surface area contributed by atoms with Crippen molar-refractivity contribution in [3.63, 3.8) is 0 Å². The Bertz CT molecular complexity index is 1020. The average molecular weight is 405 g/mol. The zero-order valence-electron chi connectivity index (χ0n) is 19.5. The SMILES string of the molecule is CC1=CC[C@@]2(C)CC[C@@]3(C)C4=CC=C5C(=CC(=O)C(O)=C5C)[C@]4(C)CC[C@]3(C)[C@H]2C1. The lowest BCUT2D eigenvalue weighted by Crippen LogP contribution is -2.60. The molecular formula is C28H36O2. The van der Waals surface area contributed by atoms with E-state index in [-0.39, 0.29) is 27.8 Å². The molecule has 0 aromatic carbocycles. The van der Waals surface area contributed by atoms with E-state index in [4.69, 9.17) is 0 Å². The zero-order valence-corrected chi connectivity index (χ0v) is 19.5. The Morgan fingerprint density at radius 1 is 1.00 bits per heavy atom. The van der Waals surface area contributed by atoms with Crippen LogP contribution in [-0.2, 0) is 4.79 Å². The van der Waals surface area contributed by atoms with Crippen molar-refractivity contribution >= 4 is 5.78 Å². The number of carbonyl (C=O) groups is 1. The molecule has 2 nitrogen and oxygen atoms in total. The maximum atomic E-state index is 12.5. The van der Waals surface area contributed by atoms with E-state index in [1.807, 2.05) is 6.92 Å². The van der Waals surface area contributed by atoms with E-state index in [0.29, 0.717) is 11.3 Å². The van der Waals surface area contributed by atoms with Crippen LogP contribution < -0.4 is 0 Å². The quantitative estimate of drug-likeness (QED) is 0.435. The van der Waals surface area contributed by atoms with E-state index in [2.05, 4.69) is 52.8 Å². The molecule has 160 valence electrons. The summed E-state index contributed by atoms with van der Waals surface area (Å²) in [5.74, 6) is 0.386. The van der Waals surface area contributed by atoms with Crippen LogP contribution in [-0.4, -0.2) is 10.9 Å². The summed E-state index contributed by atoms with van der Waals surface area (Å²) < 4.78 is 0. The highest BCUT2D eigenvalue weighted by Crippen LogP contribution is 2.74. The summed E-state index contributed by atoms with van der Waals surface area (Å²) in [6, 6.07) is 0. The first kappa shape index (κ1) is 20.1. The topological polar surface area (TPSA) is 37.3 Å². The van der Waals surface area contributed by atoms with Gasteiger partial charge in [-0.1, -0.05) is 57.1 Å². The van der Waals surface area contributed by atoms with Gasteiger partial charge in [-0.15, -0.1) is 0 Å². The zero-order chi connectivity index (χ0) is 21.7. The summed E-state index contributed by atoms with van der Waals surface area (Å²) in [6.07, 6.45) is 16.0. The molecule has 0 aromatic rings. The number of hydrogen-bond donors (Lipinski definition) is 1. The van der Waals surface area contributed by atoms with Gasteiger partial charge in [-0.05, 0) is 91.8 Å². The minimum absolute atomic E-state index is 0.0878. The summed E-state index contributed by atoms with van der Waals surface area (Å²) >= 11 is 0. The molecule has 5 aliphatic carbocycles. The van der Waals surface area contributed by atoms with Crippen LogP contribution in [0.25, 0.3) is 0 Å². The Balaban J connectivity index is 1.67. The highest BCUT2D eigenvalue weighted by molar-refractivity contribution is 6.06. The van der Waals surface area contributed by atoms with Crippen LogP contribution in [0.1, 0.15) is 80.1 Å². The molecule has 0 bridgehead atoms. The van der Waals surface area contributed by atoms with Crippen molar-refractivity contribution in [3.05, 3.63) is 57.9 Å². The average Bonchev–Trinajstić information content (AvgIpc) is 2.70. The maximum Gasteiger partial charge on any atom is 0.220 e. The van der Waals surface area contributed by atoms with E-state index in [1.54, 1.807) is 11.6 Å². The lowest BCUT2D eigenvalue weighted by atomic mass is 9.35. The lowest BCUT2D eigenvalue weighted by molar-refractivity contribution is -0.126. The molecule has 2 heteroatoms. The Morgan fingerprint density at radius 2 is 1.73 bits per heavy atom. The molecule has 0 aromatic heterocycles. The predicted molar refractivity (Wildman–Crippen MR) is 122 cm³/mol. The van der Waals surface area contributed by atoms with E-state index in [0.717, 1.165) is 23.1 Å². The highest BCUT2D eigenvalue weighted by Gasteiger charge is 2.65. The molecule has 1 N–H and O–H groups in total. The number of rotatable bonds is 0. The predicted octanol–water partition coefficient (Wildman–Crippen LogP) is 7.16. The Hall–Kier alpha value is -1.83. The van der Waals surface area contributed by atoms with E-state index >= 15 is 0 Å². The summed E-state index contributed by atoms with van der Waals surface area (Å²) in [6.45, 7) is 14.2. The maximum absolute atomic E-state index is 12.5. The smallest absolute Gasteiger partial charge is 0.220 e. The molecule has 0 saturated heterocycles. The molecule has 2 fully saturated rings. The Kier molecular flexibility index (Phi) is 3.95. The monoisotopic (exact) mass is 404 g/mol. The fraction of sp³-hybridized carbons (Fsp3) is 0.607. The number of aliphatic hydroxyl groups excluding tert-OH is 1. The first-order valence-electron chi connectivity index (χ1n) is 11.7. The summed E-state index contributed by atoms with van der Waals surface area (Å²) in [7, 11) is 0. The van der Waals surface area contributed by atoms with Crippen LogP contribution >= 0.6 is 0 Å². The fourth-order valence-electron chi connectivity index (χ4n) is 8.10. The fourth-order valence-corrected chi connectivity index (χ4v) is 8.10. The second kappa shape index (κ2) is 5.90. The third kappa shape index (κ3) is 2.23. The van der Waals surface area contributed by atoms with Crippen LogP contribution in [0.5, 0.6) is 0 Å². The molecule has 0 unspecified atom stereocenters. The molecule has 2 saturated carbocycles. The van der Waals surface area contributed by atoms with Gasteiger partial charge in [-0.3, -0.25) is 4.79 Å². The van der Waals surface area contributed by atoms with Crippen molar-refractivity contribution in [2.24, 2.45) is 27.6 Å². The summed E-state index contributed by atoms with van der Waals surface area (Å²) in [5.41, 5.74) is 6.69. The molecule has 30 heavy (non-hydrogen) atoms. The van der Waals surface area contributed by atoms with Gasteiger partial charge in [0.15, 0.2) is 5.76 Å². The summed E-state index contributed by atoms with van der Waals surface area (Å²) in [4.78, 5) is 12.5. The van der Waals surface area contributed by atoms with E-state index < -0.39 is 0 Å². The van der Waals surface area contributed by atoms with Gasteiger partial charge in [0.1, 0.15) is 0 Å². The van der Waals surface area contributed by atoms with Crippen molar-refractivity contribution in [1.82, 2.24) is 0 Å². The second-order valence-corrected chi connectivity index (χ2v) is 11.8. The van der Waals surface area contributed by atoms with Crippen LogP contribution in [0.2, 0.25) is 0 Å². The number of aliphatic hydroxyl groups is 1. The number of hydrogen-bond acceptors (Lipinski definition) is 2. The minimum atomic E-state index is -0.232. The van der Waals surface area contributed by atoms with E-state index in [1.165, 1.54) is 37.7 Å². The number of carbonyl (C=O) groups excluding carboxylic acids is 1. The van der Waals surface area contributed by atoms with Crippen molar-refractivity contribution in [3.8, 4) is 0 Å². The normalized spacial score (nSPS) is 45.3. The van der Waals surface area contributed by atoms with Crippen molar-refractivity contribution in [2.45, 2.75) is 80.1 Å². The molecule has 0 aliphatic heterocycles. The standard InChI is InChI=1S/C28H36O2/c1-17-9-10-25(3)11-13-27(5)22-8-7-19-18(2)24(30)21(29)16-20(19)26(22,4)12-14-28(27,6)23(25)15-17/h7-9,16,23,30H,10-15H2,1-6H3/t23-,25-,26-,27-,28+/m0/s1. The Morgan fingerprint density at radius 3 is 2.47 bits per heavy atom. The third-order valence-corrected chi connectivity index (χ3v) is 10.4. The van der Waals surface area contributed by atoms with Crippen molar-refractivity contribution in [2.75, 3.05) is 0 Å². The molecule has 0 spiro atoms. The molecule has 0 heterocycles. The molecule has 0 amide bonds. The van der Waals surface area contributed by atoms with Crippen LogP contribution in [0.15, 0.2) is 57.9 Å². The van der Waals surface area contributed by atoms with Crippen LogP contribution in [0.3, 0.4) is 0 Å². The largest absolute Gasteiger partial charge is 0.504 e. The molecule has 5 atom stereocenters. The van der Waals surface area contributed by atoms with Gasteiger partial charge in [-0.25, -0.2) is 0 Å². The van der Waals surface area contributed by atoms with Crippen molar-refractivity contribution in [1.29, 1.82) is 0 Å². The van der Waals surface area contributed by atoms with Gasteiger partial charge in [0.2, 0.25) is 5.78 Å². The highest BCUT2D eigenvalue weighted by atomic mass is 16.3. The number of fused-ring (bicyclic) bond motifs is 7. The number of allylic oxidation sites excluding steroid dienone is 9. The van der Waals surface area contributed by atoms with Gasteiger partial charge in [0.25, 0.3) is 0 Å². The summed E-state index contributed by atoms with van der Waals surface area (Å²) in [5, 5.41) is 10.2. The minimum Gasteiger partial charge on any atom is -0.504 e. The lowest BCUT2D eigenvalue weighted by Gasteiger charge is -2.68. The van der Waals surface area contributed by atoms with Gasteiger partial charge >= 0.3 is 0 Å². The van der Waals surface area contributed by atoms with E-state index in [9.17, 15) is 9.90 Å². The second-order valence-electron chi connectivity index (χ2n) is 11.8. The first-order valence-corrected chi connectivity index (χ1v) is 11.7. The third-order valence-electron chi connectivity index (χ3n) is 10.4. The van der Waals surface area contributed by atoms with Crippen molar-refractivity contribution < 1.29 is 9.90 Å². The first-order chi connectivity index (χ1) is 14.0. The van der Waals surface area contributed by atoms with Gasteiger partial charge in [-0.2, -0.15) is 0 Å². The number of ketones is 1.